The lowest BCUT2D eigenvalue weighted by Crippen LogP contribution is -2.53. The standard InChI is InChI=1S/C15H27N5O5S2/c1-3-16-15(17-6-4-12-26(2,21)22)19-7-9-20(10-8-19)27(23,24)13-14-5-11-25-18-14/h5,11H,3-4,6-10,12-13H2,1-2H3,(H,16,17). The summed E-state index contributed by atoms with van der Waals surface area (Å²) in [6, 6.07) is 1.54. The summed E-state index contributed by atoms with van der Waals surface area (Å²) in [6.45, 7) is 4.76. The average molecular weight is 422 g/mol. The van der Waals surface area contributed by atoms with Gasteiger partial charge >= 0.3 is 0 Å². The molecule has 0 amide bonds. The van der Waals surface area contributed by atoms with Gasteiger partial charge in [0.15, 0.2) is 5.96 Å². The van der Waals surface area contributed by atoms with Crippen LogP contribution in [0.25, 0.3) is 0 Å². The number of hydrogen-bond donors (Lipinski definition) is 1. The molecule has 1 fully saturated rings. The molecule has 1 aromatic heterocycles. The van der Waals surface area contributed by atoms with Crippen LogP contribution in [0.3, 0.4) is 0 Å². The van der Waals surface area contributed by atoms with Crippen LogP contribution in [-0.2, 0) is 25.6 Å². The van der Waals surface area contributed by atoms with Crippen LogP contribution in [0.2, 0.25) is 0 Å². The minimum absolute atomic E-state index is 0.101. The molecule has 10 nitrogen and oxygen atoms in total. The van der Waals surface area contributed by atoms with Crippen LogP contribution < -0.4 is 5.32 Å². The molecule has 0 aliphatic carbocycles. The highest BCUT2D eigenvalue weighted by Gasteiger charge is 2.28. The first kappa shape index (κ1) is 21.6. The number of hydrogen-bond acceptors (Lipinski definition) is 7. The third-order valence-electron chi connectivity index (χ3n) is 4.02. The van der Waals surface area contributed by atoms with Gasteiger partial charge < -0.3 is 14.7 Å². The fourth-order valence-electron chi connectivity index (χ4n) is 2.71. The fraction of sp³-hybridized carbons (Fsp3) is 0.733. The van der Waals surface area contributed by atoms with E-state index in [1.54, 1.807) is 6.07 Å². The SMILES string of the molecule is CCNC(=NCCCS(C)(=O)=O)N1CCN(S(=O)(=O)Cc2ccon2)CC1. The quantitative estimate of drug-likeness (QED) is 0.339. The molecule has 0 spiro atoms. The highest BCUT2D eigenvalue weighted by Crippen LogP contribution is 2.13. The van der Waals surface area contributed by atoms with Gasteiger partial charge in [0.2, 0.25) is 10.0 Å². The second kappa shape index (κ2) is 9.51. The number of aliphatic imine (C=N–C) groups is 1. The topological polar surface area (TPSA) is 125 Å². The third kappa shape index (κ3) is 7.11. The van der Waals surface area contributed by atoms with Crippen LogP contribution >= 0.6 is 0 Å². The molecule has 0 radical (unpaired) electrons. The Morgan fingerprint density at radius 1 is 1.26 bits per heavy atom. The Hall–Kier alpha value is -1.66. The normalized spacial score (nSPS) is 17.3. The molecule has 1 aliphatic heterocycles. The van der Waals surface area contributed by atoms with Crippen molar-refractivity contribution in [2.75, 3.05) is 51.3 Å². The molecular weight excluding hydrogens is 394 g/mol. The number of aromatic nitrogens is 1. The van der Waals surface area contributed by atoms with E-state index >= 15 is 0 Å². The van der Waals surface area contributed by atoms with E-state index in [4.69, 9.17) is 0 Å². The van der Waals surface area contributed by atoms with Gasteiger partial charge in [-0.05, 0) is 13.3 Å². The van der Waals surface area contributed by atoms with Crippen molar-refractivity contribution in [3.63, 3.8) is 0 Å². The Kier molecular flexibility index (Phi) is 7.62. The monoisotopic (exact) mass is 421 g/mol. The number of sulfone groups is 1. The summed E-state index contributed by atoms with van der Waals surface area (Å²) in [7, 11) is -6.44. The maximum absolute atomic E-state index is 12.5. The van der Waals surface area contributed by atoms with Gasteiger partial charge in [-0.25, -0.2) is 16.8 Å². The Morgan fingerprint density at radius 3 is 2.52 bits per heavy atom. The number of sulfonamides is 1. The van der Waals surface area contributed by atoms with Gasteiger partial charge in [0, 0.05) is 51.6 Å². The lowest BCUT2D eigenvalue weighted by atomic mass is 10.4. The summed E-state index contributed by atoms with van der Waals surface area (Å²) in [5.74, 6) is 0.604. The minimum Gasteiger partial charge on any atom is -0.364 e. The van der Waals surface area contributed by atoms with Crippen LogP contribution in [0.1, 0.15) is 19.0 Å². The summed E-state index contributed by atoms with van der Waals surface area (Å²) >= 11 is 0. The van der Waals surface area contributed by atoms with Crippen LogP contribution in [0.4, 0.5) is 0 Å². The zero-order valence-corrected chi connectivity index (χ0v) is 17.3. The first-order chi connectivity index (χ1) is 12.7. The molecule has 0 saturated carbocycles. The zero-order valence-electron chi connectivity index (χ0n) is 15.7. The molecule has 2 rings (SSSR count). The number of nitrogens with zero attached hydrogens (tertiary/aromatic N) is 4. The van der Waals surface area contributed by atoms with Gasteiger partial charge in [0.1, 0.15) is 21.9 Å². The van der Waals surface area contributed by atoms with E-state index in [1.807, 2.05) is 11.8 Å². The van der Waals surface area contributed by atoms with Crippen LogP contribution in [0.5, 0.6) is 0 Å². The summed E-state index contributed by atoms with van der Waals surface area (Å²) in [5, 5.41) is 6.84. The smallest absolute Gasteiger partial charge is 0.220 e. The van der Waals surface area contributed by atoms with Gasteiger partial charge in [0.05, 0.1) is 11.4 Å². The van der Waals surface area contributed by atoms with E-state index in [-0.39, 0.29) is 11.5 Å². The first-order valence-electron chi connectivity index (χ1n) is 8.79. The molecular formula is C15H27N5O5S2. The highest BCUT2D eigenvalue weighted by atomic mass is 32.2. The van der Waals surface area contributed by atoms with Crippen molar-refractivity contribution in [3.8, 4) is 0 Å². The van der Waals surface area contributed by atoms with Gasteiger partial charge in [-0.1, -0.05) is 5.16 Å². The molecule has 1 aliphatic rings. The molecule has 0 unspecified atom stereocenters. The van der Waals surface area contributed by atoms with Gasteiger partial charge in [-0.15, -0.1) is 0 Å². The molecule has 27 heavy (non-hydrogen) atoms. The largest absolute Gasteiger partial charge is 0.364 e. The first-order valence-corrected chi connectivity index (χ1v) is 12.5. The van der Waals surface area contributed by atoms with E-state index in [2.05, 4.69) is 20.0 Å². The maximum atomic E-state index is 12.5. The Bertz CT molecular complexity index is 813. The second-order valence-corrected chi connectivity index (χ2v) is 10.6. The summed E-state index contributed by atoms with van der Waals surface area (Å²) in [5.41, 5.74) is 0.387. The van der Waals surface area contributed by atoms with E-state index in [9.17, 15) is 16.8 Å². The van der Waals surface area contributed by atoms with Crippen LogP contribution in [0.15, 0.2) is 21.8 Å². The molecule has 12 heteroatoms. The van der Waals surface area contributed by atoms with Crippen molar-refractivity contribution >= 4 is 25.8 Å². The second-order valence-electron chi connectivity index (χ2n) is 6.35. The van der Waals surface area contributed by atoms with Crippen molar-refractivity contribution < 1.29 is 21.4 Å². The number of piperazine rings is 1. The van der Waals surface area contributed by atoms with Gasteiger partial charge in [-0.2, -0.15) is 4.31 Å². The third-order valence-corrected chi connectivity index (χ3v) is 6.87. The maximum Gasteiger partial charge on any atom is 0.220 e. The van der Waals surface area contributed by atoms with E-state index < -0.39 is 19.9 Å². The number of guanidine groups is 1. The van der Waals surface area contributed by atoms with Gasteiger partial charge in [0.25, 0.3) is 0 Å². The Labute approximate surface area is 160 Å². The average Bonchev–Trinajstić information content (AvgIpc) is 3.09. The fourth-order valence-corrected chi connectivity index (χ4v) is 4.78. The zero-order chi connectivity index (χ0) is 19.9. The van der Waals surface area contributed by atoms with E-state index in [0.717, 1.165) is 0 Å². The van der Waals surface area contributed by atoms with E-state index in [1.165, 1.54) is 16.8 Å². The number of nitrogens with one attached hydrogen (secondary N) is 1. The lowest BCUT2D eigenvalue weighted by molar-refractivity contribution is 0.260. The predicted molar refractivity (Wildman–Crippen MR) is 103 cm³/mol. The minimum atomic E-state index is -3.45. The van der Waals surface area contributed by atoms with Crippen molar-refractivity contribution in [2.45, 2.75) is 19.1 Å². The van der Waals surface area contributed by atoms with E-state index in [0.29, 0.717) is 57.3 Å². The van der Waals surface area contributed by atoms with Crippen molar-refractivity contribution in [1.29, 1.82) is 0 Å². The predicted octanol–water partition coefficient (Wildman–Crippen LogP) is -0.478. The molecule has 1 N–H and O–H groups in total. The molecule has 154 valence electrons. The highest BCUT2D eigenvalue weighted by molar-refractivity contribution is 7.90. The van der Waals surface area contributed by atoms with Crippen molar-refractivity contribution in [3.05, 3.63) is 18.0 Å². The molecule has 0 aromatic carbocycles. The summed E-state index contributed by atoms with van der Waals surface area (Å²) in [4.78, 5) is 6.46. The van der Waals surface area contributed by atoms with Crippen LogP contribution in [-0.4, -0.2) is 88.4 Å². The summed E-state index contributed by atoms with van der Waals surface area (Å²) in [6.07, 6.45) is 3.02. The lowest BCUT2D eigenvalue weighted by Gasteiger charge is -2.35. The summed E-state index contributed by atoms with van der Waals surface area (Å²) < 4.78 is 53.5. The van der Waals surface area contributed by atoms with Crippen molar-refractivity contribution in [2.24, 2.45) is 4.99 Å². The van der Waals surface area contributed by atoms with Gasteiger partial charge in [-0.3, -0.25) is 4.99 Å². The number of rotatable bonds is 8. The van der Waals surface area contributed by atoms with Crippen molar-refractivity contribution in [1.82, 2.24) is 19.7 Å². The van der Waals surface area contributed by atoms with Crippen LogP contribution in [0, 0.1) is 0 Å². The Balaban J connectivity index is 1.90. The molecule has 2 heterocycles. The Morgan fingerprint density at radius 2 is 1.96 bits per heavy atom. The molecule has 1 aromatic rings. The molecule has 1 saturated heterocycles. The molecule has 0 bridgehead atoms. The molecule has 0 atom stereocenters.